The van der Waals surface area contributed by atoms with Gasteiger partial charge in [0.05, 0.1) is 6.54 Å². The van der Waals surface area contributed by atoms with Crippen molar-refractivity contribution < 1.29 is 9.59 Å². The summed E-state index contributed by atoms with van der Waals surface area (Å²) in [7, 11) is 1.70. The van der Waals surface area contributed by atoms with Crippen LogP contribution in [0.5, 0.6) is 0 Å². The highest BCUT2D eigenvalue weighted by Crippen LogP contribution is 2.36. The van der Waals surface area contributed by atoms with Gasteiger partial charge in [-0.3, -0.25) is 14.5 Å². The fourth-order valence-electron chi connectivity index (χ4n) is 5.23. The molecular formula is C21H36N4O2. The van der Waals surface area contributed by atoms with Crippen molar-refractivity contribution in [3.63, 3.8) is 0 Å². The van der Waals surface area contributed by atoms with Gasteiger partial charge in [-0.1, -0.05) is 51.4 Å². The Morgan fingerprint density at radius 2 is 1.67 bits per heavy atom. The highest BCUT2D eigenvalue weighted by Gasteiger charge is 2.49. The summed E-state index contributed by atoms with van der Waals surface area (Å²) in [6.07, 6.45) is 12.9. The van der Waals surface area contributed by atoms with Crippen LogP contribution in [0.3, 0.4) is 0 Å². The van der Waals surface area contributed by atoms with E-state index in [0.29, 0.717) is 24.8 Å². The van der Waals surface area contributed by atoms with Gasteiger partial charge in [0.2, 0.25) is 5.91 Å². The lowest BCUT2D eigenvalue weighted by atomic mass is 9.78. The number of guanidine groups is 1. The number of nitrogens with zero attached hydrogens (tertiary/aromatic N) is 3. The molecule has 6 heteroatoms. The number of aliphatic imine (C=N–C) groups is 1. The molecule has 0 radical (unpaired) electrons. The Labute approximate surface area is 163 Å². The molecule has 2 amide bonds. The van der Waals surface area contributed by atoms with E-state index in [9.17, 15) is 9.59 Å². The zero-order valence-electron chi connectivity index (χ0n) is 17.1. The Hall–Kier alpha value is -1.59. The van der Waals surface area contributed by atoms with Crippen molar-refractivity contribution in [3.8, 4) is 0 Å². The van der Waals surface area contributed by atoms with Gasteiger partial charge in [-0.15, -0.1) is 0 Å². The minimum absolute atomic E-state index is 0.0412. The van der Waals surface area contributed by atoms with Crippen molar-refractivity contribution in [2.24, 2.45) is 22.6 Å². The van der Waals surface area contributed by atoms with Crippen molar-refractivity contribution in [1.82, 2.24) is 9.80 Å². The molecule has 0 saturated heterocycles. The van der Waals surface area contributed by atoms with Gasteiger partial charge in [0.15, 0.2) is 11.5 Å². The molecule has 1 aliphatic heterocycles. The van der Waals surface area contributed by atoms with Crippen LogP contribution in [0.1, 0.15) is 77.6 Å². The van der Waals surface area contributed by atoms with E-state index in [1.165, 1.54) is 56.3 Å². The molecule has 1 heterocycles. The molecule has 1 atom stereocenters. The van der Waals surface area contributed by atoms with Gasteiger partial charge in [-0.25, -0.2) is 4.99 Å². The number of nitrogens with two attached hydrogens (primary N) is 1. The summed E-state index contributed by atoms with van der Waals surface area (Å²) < 4.78 is 0. The number of amides is 2. The van der Waals surface area contributed by atoms with Crippen LogP contribution in [0.4, 0.5) is 0 Å². The van der Waals surface area contributed by atoms with E-state index in [4.69, 9.17) is 5.73 Å². The third kappa shape index (κ3) is 4.64. The Bertz CT molecular complexity index is 579. The van der Waals surface area contributed by atoms with Crippen LogP contribution < -0.4 is 5.73 Å². The van der Waals surface area contributed by atoms with Crippen LogP contribution in [0.15, 0.2) is 4.99 Å². The predicted octanol–water partition coefficient (Wildman–Crippen LogP) is 2.91. The lowest BCUT2D eigenvalue weighted by molar-refractivity contribution is -0.135. The van der Waals surface area contributed by atoms with Crippen LogP contribution in [0.2, 0.25) is 0 Å². The van der Waals surface area contributed by atoms with Gasteiger partial charge in [-0.05, 0) is 31.1 Å². The summed E-state index contributed by atoms with van der Waals surface area (Å²) >= 11 is 0. The first-order valence-electron chi connectivity index (χ1n) is 10.8. The predicted molar refractivity (Wildman–Crippen MR) is 107 cm³/mol. The molecule has 6 nitrogen and oxygen atoms in total. The molecule has 0 aromatic rings. The molecule has 2 aliphatic carbocycles. The second-order valence-corrected chi connectivity index (χ2v) is 8.98. The second kappa shape index (κ2) is 8.61. The van der Waals surface area contributed by atoms with Crippen LogP contribution in [0.25, 0.3) is 0 Å². The SMILES string of the molecule is CC(=O)N(CC1CCCCC1)CC1(CC2CCCCC2)N=C(N)N(C)C1=O. The lowest BCUT2D eigenvalue weighted by Crippen LogP contribution is -2.52. The average Bonchev–Trinajstić information content (AvgIpc) is 2.86. The summed E-state index contributed by atoms with van der Waals surface area (Å²) in [6, 6.07) is 0. The topological polar surface area (TPSA) is 79.0 Å². The fraction of sp³-hybridized carbons (Fsp3) is 0.857. The summed E-state index contributed by atoms with van der Waals surface area (Å²) in [5, 5.41) is 0. The van der Waals surface area contributed by atoms with Crippen molar-refractivity contribution in [1.29, 1.82) is 0 Å². The quantitative estimate of drug-likeness (QED) is 0.774. The second-order valence-electron chi connectivity index (χ2n) is 8.98. The molecule has 152 valence electrons. The minimum Gasteiger partial charge on any atom is -0.369 e. The summed E-state index contributed by atoms with van der Waals surface area (Å²) in [5.74, 6) is 1.33. The Morgan fingerprint density at radius 1 is 1.11 bits per heavy atom. The van der Waals surface area contributed by atoms with Gasteiger partial charge >= 0.3 is 0 Å². The van der Waals surface area contributed by atoms with Crippen LogP contribution in [-0.4, -0.2) is 53.2 Å². The molecule has 0 spiro atoms. The van der Waals surface area contributed by atoms with Crippen LogP contribution in [-0.2, 0) is 9.59 Å². The number of hydrogen-bond acceptors (Lipinski definition) is 4. The summed E-state index contributed by atoms with van der Waals surface area (Å²) in [4.78, 5) is 33.6. The number of carbonyl (C=O) groups excluding carboxylic acids is 2. The third-order valence-electron chi connectivity index (χ3n) is 6.83. The normalized spacial score (nSPS) is 27.7. The van der Waals surface area contributed by atoms with Crippen molar-refractivity contribution in [2.75, 3.05) is 20.1 Å². The van der Waals surface area contributed by atoms with E-state index in [2.05, 4.69) is 4.99 Å². The summed E-state index contributed by atoms with van der Waals surface area (Å²) in [6.45, 7) is 2.74. The zero-order chi connectivity index (χ0) is 19.4. The maximum Gasteiger partial charge on any atom is 0.258 e. The lowest BCUT2D eigenvalue weighted by Gasteiger charge is -2.37. The summed E-state index contributed by atoms with van der Waals surface area (Å²) in [5.41, 5.74) is 5.15. The van der Waals surface area contributed by atoms with Crippen LogP contribution in [0, 0.1) is 11.8 Å². The third-order valence-corrected chi connectivity index (χ3v) is 6.83. The molecule has 0 aromatic heterocycles. The van der Waals surface area contributed by atoms with Crippen molar-refractivity contribution >= 4 is 17.8 Å². The molecule has 3 aliphatic rings. The van der Waals surface area contributed by atoms with E-state index in [1.54, 1.807) is 14.0 Å². The molecule has 0 bridgehead atoms. The molecule has 2 N–H and O–H groups in total. The molecule has 2 fully saturated rings. The Kier molecular flexibility index (Phi) is 6.43. The van der Waals surface area contributed by atoms with Gasteiger partial charge in [0.1, 0.15) is 0 Å². The molecule has 27 heavy (non-hydrogen) atoms. The number of carbonyl (C=O) groups is 2. The molecule has 2 saturated carbocycles. The zero-order valence-corrected chi connectivity index (χ0v) is 17.1. The number of likely N-dealkylation sites (N-methyl/N-ethyl adjacent to an activating group) is 1. The van der Waals surface area contributed by atoms with Gasteiger partial charge in [0, 0.05) is 20.5 Å². The molecule has 3 rings (SSSR count). The van der Waals surface area contributed by atoms with Crippen molar-refractivity contribution in [2.45, 2.75) is 83.1 Å². The molecule has 0 aromatic carbocycles. The van der Waals surface area contributed by atoms with E-state index in [1.807, 2.05) is 4.90 Å². The highest BCUT2D eigenvalue weighted by molar-refractivity contribution is 6.06. The van der Waals surface area contributed by atoms with Crippen molar-refractivity contribution in [3.05, 3.63) is 0 Å². The first kappa shape index (κ1) is 20.2. The number of rotatable bonds is 6. The maximum absolute atomic E-state index is 13.2. The van der Waals surface area contributed by atoms with Gasteiger partial charge < -0.3 is 10.6 Å². The Balaban J connectivity index is 1.78. The van der Waals surface area contributed by atoms with Crippen LogP contribution >= 0.6 is 0 Å². The maximum atomic E-state index is 13.2. The molecule has 1 unspecified atom stereocenters. The standard InChI is InChI=1S/C21H36N4O2/c1-16(26)25(14-18-11-7-4-8-12-18)15-21(13-17-9-5-3-6-10-17)19(27)24(2)20(22)23-21/h17-18H,3-15H2,1-2H3,(H2,22,23). The van der Waals surface area contributed by atoms with Gasteiger partial charge in [0.25, 0.3) is 5.91 Å². The van der Waals surface area contributed by atoms with E-state index >= 15 is 0 Å². The largest absolute Gasteiger partial charge is 0.369 e. The average molecular weight is 377 g/mol. The monoisotopic (exact) mass is 376 g/mol. The molecular weight excluding hydrogens is 340 g/mol. The smallest absolute Gasteiger partial charge is 0.258 e. The minimum atomic E-state index is -0.888. The first-order chi connectivity index (χ1) is 12.9. The van der Waals surface area contributed by atoms with E-state index < -0.39 is 5.54 Å². The fourth-order valence-corrected chi connectivity index (χ4v) is 5.23. The number of hydrogen-bond donors (Lipinski definition) is 1. The van der Waals surface area contributed by atoms with Gasteiger partial charge in [-0.2, -0.15) is 0 Å². The van der Waals surface area contributed by atoms with E-state index in [-0.39, 0.29) is 17.8 Å². The Morgan fingerprint density at radius 3 is 2.15 bits per heavy atom. The highest BCUT2D eigenvalue weighted by atomic mass is 16.2. The van der Waals surface area contributed by atoms with E-state index in [0.717, 1.165) is 19.4 Å². The first-order valence-corrected chi connectivity index (χ1v) is 10.8.